The number of hydrogen-bond donors (Lipinski definition) is 0. The van der Waals surface area contributed by atoms with Crippen molar-refractivity contribution in [1.29, 1.82) is 0 Å². The highest BCUT2D eigenvalue weighted by Crippen LogP contribution is 2.11. The van der Waals surface area contributed by atoms with Crippen LogP contribution < -0.4 is 0 Å². The summed E-state index contributed by atoms with van der Waals surface area (Å²) in [6, 6.07) is 0. The fraction of sp³-hybridized carbons (Fsp3) is 1.00. The monoisotopic (exact) mass is 757 g/mol. The van der Waals surface area contributed by atoms with Crippen LogP contribution in [0.3, 0.4) is 0 Å². The predicted molar refractivity (Wildman–Crippen MR) is 203 cm³/mol. The number of rotatable bonds is 49. The highest BCUT2D eigenvalue weighted by molar-refractivity contribution is 4.48. The van der Waals surface area contributed by atoms with Gasteiger partial charge in [-0.2, -0.15) is 0 Å². The molecule has 0 N–H and O–H groups in total. The molecular formula is C39H80O13. The van der Waals surface area contributed by atoms with Gasteiger partial charge in [-0.25, -0.2) is 0 Å². The first kappa shape index (κ1) is 51.5. The molecule has 314 valence electrons. The largest absolute Gasteiger partial charge is 0.379 e. The lowest BCUT2D eigenvalue weighted by Gasteiger charge is -2.09. The second-order valence-corrected chi connectivity index (χ2v) is 12.1. The van der Waals surface area contributed by atoms with E-state index in [1.807, 2.05) is 6.92 Å². The standard InChI is InChI=1S/C39H80O13/c1-3-5-6-7-8-9-10-11-12-13-14-15-41-18-19-43-22-23-45-26-27-47-30-31-49-34-35-51-38-39-52-37-36-50-33-32-48-29-28-46-25-24-44-21-20-42-17-16-40-4-2/h3-39H2,1-2H3. The van der Waals surface area contributed by atoms with Crippen molar-refractivity contribution < 1.29 is 61.6 Å². The van der Waals surface area contributed by atoms with Gasteiger partial charge in [0.15, 0.2) is 0 Å². The maximum Gasteiger partial charge on any atom is 0.0701 e. The normalized spacial score (nSPS) is 11.7. The summed E-state index contributed by atoms with van der Waals surface area (Å²) < 4.78 is 71.2. The topological polar surface area (TPSA) is 120 Å². The van der Waals surface area contributed by atoms with E-state index in [2.05, 4.69) is 6.92 Å². The van der Waals surface area contributed by atoms with E-state index in [1.165, 1.54) is 64.2 Å². The van der Waals surface area contributed by atoms with Crippen molar-refractivity contribution in [2.45, 2.75) is 84.5 Å². The highest BCUT2D eigenvalue weighted by atomic mass is 16.6. The first-order chi connectivity index (χ1) is 25.9. The Hall–Kier alpha value is -0.520. The molecule has 13 heteroatoms. The van der Waals surface area contributed by atoms with Gasteiger partial charge in [0.2, 0.25) is 0 Å². The van der Waals surface area contributed by atoms with Gasteiger partial charge in [-0.15, -0.1) is 0 Å². The van der Waals surface area contributed by atoms with Crippen molar-refractivity contribution in [3.63, 3.8) is 0 Å². The third-order valence-electron chi connectivity index (χ3n) is 7.56. The number of hydrogen-bond acceptors (Lipinski definition) is 13. The third kappa shape index (κ3) is 49.5. The van der Waals surface area contributed by atoms with Gasteiger partial charge in [-0.05, 0) is 13.3 Å². The van der Waals surface area contributed by atoms with Crippen LogP contribution in [0.1, 0.15) is 84.5 Å². The van der Waals surface area contributed by atoms with E-state index >= 15 is 0 Å². The molecule has 0 heterocycles. The zero-order chi connectivity index (χ0) is 37.4. The van der Waals surface area contributed by atoms with Crippen LogP contribution in [0.25, 0.3) is 0 Å². The van der Waals surface area contributed by atoms with E-state index < -0.39 is 0 Å². The molecule has 0 aliphatic heterocycles. The molecule has 0 saturated carbocycles. The average Bonchev–Trinajstić information content (AvgIpc) is 3.16. The van der Waals surface area contributed by atoms with Crippen LogP contribution in [0.2, 0.25) is 0 Å². The van der Waals surface area contributed by atoms with Gasteiger partial charge in [0.05, 0.1) is 159 Å². The first-order valence-electron chi connectivity index (χ1n) is 20.4. The van der Waals surface area contributed by atoms with Crippen LogP contribution in [-0.4, -0.2) is 172 Å². The molecule has 0 aliphatic carbocycles. The lowest BCUT2D eigenvalue weighted by molar-refractivity contribution is -0.0289. The van der Waals surface area contributed by atoms with Gasteiger partial charge in [-0.3, -0.25) is 0 Å². The minimum atomic E-state index is 0.517. The van der Waals surface area contributed by atoms with Crippen LogP contribution >= 0.6 is 0 Å². The molecular weight excluding hydrogens is 676 g/mol. The Labute approximate surface area is 317 Å². The van der Waals surface area contributed by atoms with Crippen LogP contribution in [0, 0.1) is 0 Å². The third-order valence-corrected chi connectivity index (χ3v) is 7.56. The van der Waals surface area contributed by atoms with E-state index in [4.69, 9.17) is 61.6 Å². The van der Waals surface area contributed by atoms with Gasteiger partial charge in [0.25, 0.3) is 0 Å². The predicted octanol–water partition coefficient (Wildman–Crippen LogP) is 5.53. The maximum absolute atomic E-state index is 5.66. The minimum Gasteiger partial charge on any atom is -0.379 e. The Bertz CT molecular complexity index is 557. The molecule has 0 amide bonds. The molecule has 0 radical (unpaired) electrons. The van der Waals surface area contributed by atoms with E-state index in [0.717, 1.165) is 13.0 Å². The summed E-state index contributed by atoms with van der Waals surface area (Å²) in [5.41, 5.74) is 0. The van der Waals surface area contributed by atoms with Gasteiger partial charge >= 0.3 is 0 Å². The second kappa shape index (κ2) is 50.5. The van der Waals surface area contributed by atoms with Gasteiger partial charge in [0.1, 0.15) is 0 Å². The summed E-state index contributed by atoms with van der Waals surface area (Å²) in [7, 11) is 0. The summed E-state index contributed by atoms with van der Waals surface area (Å²) >= 11 is 0. The number of unbranched alkanes of at least 4 members (excludes halogenated alkanes) is 10. The fourth-order valence-corrected chi connectivity index (χ4v) is 4.65. The van der Waals surface area contributed by atoms with Crippen LogP contribution in [0.5, 0.6) is 0 Å². The minimum absolute atomic E-state index is 0.517. The van der Waals surface area contributed by atoms with Crippen molar-refractivity contribution in [3.05, 3.63) is 0 Å². The second-order valence-electron chi connectivity index (χ2n) is 12.1. The molecule has 0 spiro atoms. The van der Waals surface area contributed by atoms with Crippen LogP contribution in [0.4, 0.5) is 0 Å². The van der Waals surface area contributed by atoms with E-state index in [9.17, 15) is 0 Å². The maximum atomic E-state index is 5.66. The Morgan fingerprint density at radius 2 is 0.346 bits per heavy atom. The van der Waals surface area contributed by atoms with Crippen LogP contribution in [-0.2, 0) is 61.6 Å². The smallest absolute Gasteiger partial charge is 0.0701 e. The van der Waals surface area contributed by atoms with Crippen molar-refractivity contribution in [2.75, 3.05) is 172 Å². The Morgan fingerprint density at radius 3 is 0.558 bits per heavy atom. The number of ether oxygens (including phenoxy) is 13. The Kier molecular flexibility index (Phi) is 50.0. The Balaban J connectivity index is 3.04. The van der Waals surface area contributed by atoms with Crippen molar-refractivity contribution in [1.82, 2.24) is 0 Å². The Morgan fingerprint density at radius 1 is 0.173 bits per heavy atom. The summed E-state index contributed by atoms with van der Waals surface area (Å²) in [5.74, 6) is 0. The fourth-order valence-electron chi connectivity index (χ4n) is 4.65. The highest BCUT2D eigenvalue weighted by Gasteiger charge is 1.98. The van der Waals surface area contributed by atoms with E-state index in [0.29, 0.717) is 165 Å². The summed E-state index contributed by atoms with van der Waals surface area (Å²) in [4.78, 5) is 0. The molecule has 0 aromatic heterocycles. The van der Waals surface area contributed by atoms with Crippen molar-refractivity contribution in [3.8, 4) is 0 Å². The lowest BCUT2D eigenvalue weighted by atomic mass is 10.1. The summed E-state index contributed by atoms with van der Waals surface area (Å²) in [6.07, 6.45) is 14.9. The van der Waals surface area contributed by atoms with Crippen LogP contribution in [0.15, 0.2) is 0 Å². The van der Waals surface area contributed by atoms with Gasteiger partial charge in [-0.1, -0.05) is 71.1 Å². The molecule has 0 aliphatic rings. The molecule has 52 heavy (non-hydrogen) atoms. The van der Waals surface area contributed by atoms with Gasteiger partial charge < -0.3 is 61.6 Å². The first-order valence-corrected chi connectivity index (χ1v) is 20.4. The quantitative estimate of drug-likeness (QED) is 0.0725. The molecule has 0 unspecified atom stereocenters. The summed E-state index contributed by atoms with van der Waals surface area (Å²) in [6.45, 7) is 18.9. The zero-order valence-corrected chi connectivity index (χ0v) is 33.5. The zero-order valence-electron chi connectivity index (χ0n) is 33.5. The molecule has 0 aromatic rings. The molecule has 0 saturated heterocycles. The molecule has 0 atom stereocenters. The molecule has 0 aromatic carbocycles. The average molecular weight is 757 g/mol. The lowest BCUT2D eigenvalue weighted by Crippen LogP contribution is -2.15. The van der Waals surface area contributed by atoms with E-state index in [-0.39, 0.29) is 0 Å². The van der Waals surface area contributed by atoms with Gasteiger partial charge in [0, 0.05) is 13.2 Å². The molecule has 0 fully saturated rings. The van der Waals surface area contributed by atoms with E-state index in [1.54, 1.807) is 0 Å². The molecule has 0 bridgehead atoms. The van der Waals surface area contributed by atoms with Crippen molar-refractivity contribution >= 4 is 0 Å². The van der Waals surface area contributed by atoms with Crippen molar-refractivity contribution in [2.24, 2.45) is 0 Å². The SMILES string of the molecule is CCCCCCCCCCCCCOCCOCCOCCOCCOCCOCCOCCOCCOCCOCCOCCOCCOCC. The molecule has 13 nitrogen and oxygen atoms in total. The molecule has 0 rings (SSSR count). The summed E-state index contributed by atoms with van der Waals surface area (Å²) in [5, 5.41) is 0.